The first-order valence-electron chi connectivity index (χ1n) is 5.06. The maximum Gasteiger partial charge on any atom is 0.573 e. The van der Waals surface area contributed by atoms with Gasteiger partial charge in [-0.2, -0.15) is 4.39 Å². The van der Waals surface area contributed by atoms with Crippen LogP contribution in [0.3, 0.4) is 0 Å². The minimum absolute atomic E-state index is 0.0846. The minimum atomic E-state index is -4.88. The van der Waals surface area contributed by atoms with Crippen LogP contribution in [0.1, 0.15) is 0 Å². The highest BCUT2D eigenvalue weighted by atomic mass is 19.4. The molecule has 2 aromatic rings. The zero-order chi connectivity index (χ0) is 14.0. The lowest BCUT2D eigenvalue weighted by Crippen LogP contribution is -2.17. The molecule has 0 unspecified atom stereocenters. The van der Waals surface area contributed by atoms with Crippen molar-refractivity contribution in [2.45, 2.75) is 6.36 Å². The van der Waals surface area contributed by atoms with Crippen LogP contribution < -0.4 is 4.74 Å². The van der Waals surface area contributed by atoms with E-state index in [1.54, 1.807) is 0 Å². The van der Waals surface area contributed by atoms with Crippen molar-refractivity contribution in [3.05, 3.63) is 42.5 Å². The van der Waals surface area contributed by atoms with E-state index in [0.717, 1.165) is 18.3 Å². The van der Waals surface area contributed by atoms with E-state index in [4.69, 9.17) is 0 Å². The molecule has 0 saturated heterocycles. The van der Waals surface area contributed by atoms with Crippen LogP contribution >= 0.6 is 0 Å². The van der Waals surface area contributed by atoms with Crippen molar-refractivity contribution >= 4 is 0 Å². The molecule has 1 heterocycles. The second-order valence-electron chi connectivity index (χ2n) is 3.57. The summed E-state index contributed by atoms with van der Waals surface area (Å²) in [7, 11) is 0. The predicted octanol–water partition coefficient (Wildman–Crippen LogP) is 3.49. The van der Waals surface area contributed by atoms with Crippen molar-refractivity contribution in [1.29, 1.82) is 0 Å². The smallest absolute Gasteiger partial charge is 0.506 e. The molecule has 0 fully saturated rings. The van der Waals surface area contributed by atoms with Crippen LogP contribution in [0.15, 0.2) is 36.5 Å². The van der Waals surface area contributed by atoms with Gasteiger partial charge in [0.15, 0.2) is 0 Å². The van der Waals surface area contributed by atoms with Gasteiger partial charge in [-0.3, -0.25) is 0 Å². The van der Waals surface area contributed by atoms with E-state index in [-0.39, 0.29) is 11.1 Å². The fourth-order valence-electron chi connectivity index (χ4n) is 1.54. The van der Waals surface area contributed by atoms with Crippen LogP contribution in [-0.4, -0.2) is 16.5 Å². The molecule has 0 aliphatic carbocycles. The fraction of sp³-hybridized carbons (Fsp3) is 0.0833. The highest BCUT2D eigenvalue weighted by Gasteiger charge is 2.32. The van der Waals surface area contributed by atoms with Gasteiger partial charge in [0.1, 0.15) is 11.5 Å². The summed E-state index contributed by atoms with van der Waals surface area (Å²) in [6.45, 7) is 0. The minimum Gasteiger partial charge on any atom is -0.506 e. The van der Waals surface area contributed by atoms with Crippen LogP contribution in [0.2, 0.25) is 0 Å². The van der Waals surface area contributed by atoms with Crippen LogP contribution in [0, 0.1) is 5.95 Å². The summed E-state index contributed by atoms with van der Waals surface area (Å²) < 4.78 is 53.6. The highest BCUT2D eigenvalue weighted by molar-refractivity contribution is 5.74. The average molecular weight is 273 g/mol. The van der Waals surface area contributed by atoms with E-state index in [2.05, 4.69) is 9.72 Å². The molecule has 1 aromatic carbocycles. The zero-order valence-corrected chi connectivity index (χ0v) is 9.28. The number of hydrogen-bond donors (Lipinski definition) is 1. The summed E-state index contributed by atoms with van der Waals surface area (Å²) in [5, 5.41) is 9.55. The van der Waals surface area contributed by atoms with Gasteiger partial charge in [-0.1, -0.05) is 18.2 Å². The fourth-order valence-corrected chi connectivity index (χ4v) is 1.54. The highest BCUT2D eigenvalue weighted by Crippen LogP contribution is 2.37. The van der Waals surface area contributed by atoms with Gasteiger partial charge in [0.25, 0.3) is 0 Å². The van der Waals surface area contributed by atoms with Gasteiger partial charge in [-0.15, -0.1) is 13.2 Å². The molecule has 3 nitrogen and oxygen atoms in total. The number of para-hydroxylation sites is 1. The Hall–Kier alpha value is -2.31. The Labute approximate surface area is 105 Å². The number of nitrogens with zero attached hydrogens (tertiary/aromatic N) is 1. The lowest BCUT2D eigenvalue weighted by Gasteiger charge is -2.13. The van der Waals surface area contributed by atoms with Crippen molar-refractivity contribution < 1.29 is 27.4 Å². The normalized spacial score (nSPS) is 11.4. The predicted molar refractivity (Wildman–Crippen MR) is 58.0 cm³/mol. The molecule has 0 aliphatic heterocycles. The van der Waals surface area contributed by atoms with E-state index in [9.17, 15) is 22.7 Å². The zero-order valence-electron chi connectivity index (χ0n) is 9.28. The van der Waals surface area contributed by atoms with Gasteiger partial charge in [0.05, 0.1) is 6.20 Å². The molecule has 19 heavy (non-hydrogen) atoms. The molecular weight excluding hydrogens is 266 g/mol. The molecule has 1 aromatic heterocycles. The third-order valence-corrected chi connectivity index (χ3v) is 2.25. The average Bonchev–Trinajstić information content (AvgIpc) is 2.31. The molecule has 100 valence electrons. The van der Waals surface area contributed by atoms with Crippen LogP contribution in [0.25, 0.3) is 11.1 Å². The third kappa shape index (κ3) is 3.12. The van der Waals surface area contributed by atoms with E-state index < -0.39 is 23.8 Å². The molecule has 1 N–H and O–H groups in total. The topological polar surface area (TPSA) is 42.4 Å². The van der Waals surface area contributed by atoms with E-state index in [0.29, 0.717) is 0 Å². The first-order valence-corrected chi connectivity index (χ1v) is 5.06. The Morgan fingerprint density at radius 3 is 2.47 bits per heavy atom. The molecule has 0 saturated carbocycles. The number of halogens is 4. The Morgan fingerprint density at radius 2 is 1.79 bits per heavy atom. The molecule has 0 radical (unpaired) electrons. The van der Waals surface area contributed by atoms with Gasteiger partial charge in [-0.25, -0.2) is 4.98 Å². The number of hydrogen-bond acceptors (Lipinski definition) is 3. The Balaban J connectivity index is 2.53. The molecule has 0 atom stereocenters. The largest absolute Gasteiger partial charge is 0.573 e. The van der Waals surface area contributed by atoms with Crippen LogP contribution in [0.5, 0.6) is 11.5 Å². The first-order chi connectivity index (χ1) is 8.87. The number of aromatic nitrogens is 1. The summed E-state index contributed by atoms with van der Waals surface area (Å²) in [6, 6.07) is 5.94. The van der Waals surface area contributed by atoms with Crippen molar-refractivity contribution in [3.8, 4) is 22.6 Å². The molecule has 2 rings (SSSR count). The van der Waals surface area contributed by atoms with E-state index in [1.807, 2.05) is 0 Å². The van der Waals surface area contributed by atoms with Gasteiger partial charge in [0, 0.05) is 17.2 Å². The monoisotopic (exact) mass is 273 g/mol. The number of aromatic hydroxyl groups is 1. The number of rotatable bonds is 2. The van der Waals surface area contributed by atoms with Crippen molar-refractivity contribution in [2.24, 2.45) is 0 Å². The van der Waals surface area contributed by atoms with Crippen LogP contribution in [-0.2, 0) is 0 Å². The molecular formula is C12H7F4NO2. The standard InChI is InChI=1S/C12H7F4NO2/c13-11-5-8(9(18)6-17-11)7-3-1-2-4-10(7)19-12(14,15)16/h1-6,18H. The SMILES string of the molecule is Oc1cnc(F)cc1-c1ccccc1OC(F)(F)F. The lowest BCUT2D eigenvalue weighted by atomic mass is 10.1. The summed E-state index contributed by atoms with van der Waals surface area (Å²) in [6.07, 6.45) is -4.06. The summed E-state index contributed by atoms with van der Waals surface area (Å²) in [5.74, 6) is -1.90. The quantitative estimate of drug-likeness (QED) is 0.672. The molecule has 0 aliphatic rings. The van der Waals surface area contributed by atoms with Gasteiger partial charge in [-0.05, 0) is 6.07 Å². The maximum atomic E-state index is 13.0. The van der Waals surface area contributed by atoms with Crippen molar-refractivity contribution in [1.82, 2.24) is 4.98 Å². The number of benzene rings is 1. The Bertz CT molecular complexity index is 599. The van der Waals surface area contributed by atoms with Crippen LogP contribution in [0.4, 0.5) is 17.6 Å². The van der Waals surface area contributed by atoms with Crippen molar-refractivity contribution in [3.63, 3.8) is 0 Å². The van der Waals surface area contributed by atoms with E-state index in [1.165, 1.54) is 18.2 Å². The van der Waals surface area contributed by atoms with Crippen molar-refractivity contribution in [2.75, 3.05) is 0 Å². The number of pyridine rings is 1. The second-order valence-corrected chi connectivity index (χ2v) is 3.57. The van der Waals surface area contributed by atoms with Gasteiger partial charge >= 0.3 is 6.36 Å². The molecule has 0 bridgehead atoms. The number of alkyl halides is 3. The molecule has 0 spiro atoms. The Morgan fingerprint density at radius 1 is 1.11 bits per heavy atom. The Kier molecular flexibility index (Phi) is 3.28. The van der Waals surface area contributed by atoms with E-state index >= 15 is 0 Å². The third-order valence-electron chi connectivity index (χ3n) is 2.25. The summed E-state index contributed by atoms with van der Waals surface area (Å²) in [4.78, 5) is 3.19. The first kappa shape index (κ1) is 13.1. The van der Waals surface area contributed by atoms with Gasteiger partial charge in [0.2, 0.25) is 5.95 Å². The molecule has 7 heteroatoms. The second kappa shape index (κ2) is 4.75. The van der Waals surface area contributed by atoms with Gasteiger partial charge < -0.3 is 9.84 Å². The molecule has 0 amide bonds. The summed E-state index contributed by atoms with van der Waals surface area (Å²) >= 11 is 0. The summed E-state index contributed by atoms with van der Waals surface area (Å²) in [5.41, 5.74) is -0.217. The number of ether oxygens (including phenoxy) is 1. The maximum absolute atomic E-state index is 13.0. The lowest BCUT2D eigenvalue weighted by molar-refractivity contribution is -0.274.